The fourth-order valence-electron chi connectivity index (χ4n) is 3.45. The number of nitrogens with two attached hydrogens (primary N) is 1. The molecule has 1 aromatic heterocycles. The third-order valence-corrected chi connectivity index (χ3v) is 4.81. The van der Waals surface area contributed by atoms with Crippen LogP contribution in [0, 0.1) is 32.8 Å². The van der Waals surface area contributed by atoms with Crippen LogP contribution >= 0.6 is 0 Å². The van der Waals surface area contributed by atoms with Gasteiger partial charge in [-0.15, -0.1) is 0 Å². The monoisotopic (exact) mass is 383 g/mol. The molecule has 3 N–H and O–H groups in total. The fourth-order valence-corrected chi connectivity index (χ4v) is 3.45. The molecule has 3 aromatic rings. The SMILES string of the molecule is N#CC1=C(N)OC(c2c[nH]c3ccccc23)=C(C#N)C1c1ccc([N+](=O)[O-])cc1. The molecule has 4 rings (SSSR count). The van der Waals surface area contributed by atoms with Gasteiger partial charge < -0.3 is 15.5 Å². The number of nitrogens with one attached hydrogen (secondary N) is 1. The van der Waals surface area contributed by atoms with E-state index in [4.69, 9.17) is 10.5 Å². The number of aromatic nitrogens is 1. The van der Waals surface area contributed by atoms with Crippen molar-refractivity contribution in [3.63, 3.8) is 0 Å². The van der Waals surface area contributed by atoms with E-state index >= 15 is 0 Å². The Balaban J connectivity index is 1.93. The number of nitrogens with zero attached hydrogens (tertiary/aromatic N) is 3. The van der Waals surface area contributed by atoms with Gasteiger partial charge in [-0.05, 0) is 11.6 Å². The molecule has 0 radical (unpaired) electrons. The summed E-state index contributed by atoms with van der Waals surface area (Å²) in [6.07, 6.45) is 1.72. The van der Waals surface area contributed by atoms with Crippen molar-refractivity contribution in [1.29, 1.82) is 10.5 Å². The number of aromatic amines is 1. The van der Waals surface area contributed by atoms with Gasteiger partial charge in [-0.2, -0.15) is 10.5 Å². The van der Waals surface area contributed by atoms with E-state index in [-0.39, 0.29) is 28.5 Å². The zero-order valence-electron chi connectivity index (χ0n) is 14.9. The lowest BCUT2D eigenvalue weighted by atomic mass is 9.82. The highest BCUT2D eigenvalue weighted by molar-refractivity contribution is 5.93. The molecule has 29 heavy (non-hydrogen) atoms. The Bertz CT molecular complexity index is 1290. The number of fused-ring (bicyclic) bond motifs is 1. The highest BCUT2D eigenvalue weighted by Gasteiger charge is 2.34. The molecule has 1 aliphatic rings. The number of ether oxygens (including phenoxy) is 1. The van der Waals surface area contributed by atoms with Crippen LogP contribution in [0.15, 0.2) is 71.8 Å². The number of para-hydroxylation sites is 1. The average molecular weight is 383 g/mol. The van der Waals surface area contributed by atoms with E-state index < -0.39 is 10.8 Å². The third-order valence-electron chi connectivity index (χ3n) is 4.81. The largest absolute Gasteiger partial charge is 0.439 e. The summed E-state index contributed by atoms with van der Waals surface area (Å²) in [5.74, 6) is -0.636. The van der Waals surface area contributed by atoms with Crippen LogP contribution in [0.5, 0.6) is 0 Å². The molecule has 8 nitrogen and oxygen atoms in total. The smallest absolute Gasteiger partial charge is 0.269 e. The van der Waals surface area contributed by atoms with Gasteiger partial charge in [0.2, 0.25) is 5.88 Å². The van der Waals surface area contributed by atoms with Crippen molar-refractivity contribution in [3.8, 4) is 12.1 Å². The van der Waals surface area contributed by atoms with Crippen molar-refractivity contribution in [1.82, 2.24) is 4.98 Å². The zero-order chi connectivity index (χ0) is 20.5. The Kier molecular flexibility index (Phi) is 4.23. The molecule has 0 saturated carbocycles. The predicted octanol–water partition coefficient (Wildman–Crippen LogP) is 3.82. The van der Waals surface area contributed by atoms with Crippen LogP contribution in [-0.2, 0) is 4.74 Å². The number of benzene rings is 2. The second-order valence-electron chi connectivity index (χ2n) is 6.38. The van der Waals surface area contributed by atoms with Crippen molar-refractivity contribution in [3.05, 3.63) is 93.0 Å². The first-order chi connectivity index (χ1) is 14.0. The standard InChI is InChI=1S/C21H13N5O3/c22-9-15-19(12-5-7-13(8-6-12)26(27)28)16(10-23)21(24)29-20(15)17-11-25-18-4-2-1-3-14(17)18/h1-8,11,19,25H,24H2. The van der Waals surface area contributed by atoms with Gasteiger partial charge in [-0.1, -0.05) is 30.3 Å². The van der Waals surface area contributed by atoms with Gasteiger partial charge in [-0.3, -0.25) is 10.1 Å². The Morgan fingerprint density at radius 3 is 2.41 bits per heavy atom. The molecule has 0 spiro atoms. The highest BCUT2D eigenvalue weighted by atomic mass is 16.6. The number of hydrogen-bond donors (Lipinski definition) is 2. The molecule has 0 saturated heterocycles. The lowest BCUT2D eigenvalue weighted by molar-refractivity contribution is -0.384. The van der Waals surface area contributed by atoms with Crippen molar-refractivity contribution in [2.75, 3.05) is 0 Å². The van der Waals surface area contributed by atoms with Gasteiger partial charge in [-0.25, -0.2) is 0 Å². The van der Waals surface area contributed by atoms with E-state index in [0.29, 0.717) is 11.1 Å². The van der Waals surface area contributed by atoms with Crippen molar-refractivity contribution < 1.29 is 9.66 Å². The molecule has 8 heteroatoms. The summed E-state index contributed by atoms with van der Waals surface area (Å²) in [7, 11) is 0. The molecule has 0 fully saturated rings. The topological polar surface area (TPSA) is 142 Å². The average Bonchev–Trinajstić information content (AvgIpc) is 3.17. The molecule has 0 bridgehead atoms. The van der Waals surface area contributed by atoms with E-state index in [1.165, 1.54) is 24.3 Å². The molecule has 2 aromatic carbocycles. The molecule has 2 heterocycles. The van der Waals surface area contributed by atoms with Gasteiger partial charge in [0.15, 0.2) is 5.76 Å². The number of nitro benzene ring substituents is 1. The molecule has 1 unspecified atom stereocenters. The van der Waals surface area contributed by atoms with Gasteiger partial charge in [0, 0.05) is 34.8 Å². The molecule has 140 valence electrons. The summed E-state index contributed by atoms with van der Waals surface area (Å²) in [6, 6.07) is 17.4. The zero-order valence-corrected chi connectivity index (χ0v) is 14.9. The summed E-state index contributed by atoms with van der Waals surface area (Å²) in [5.41, 5.74) is 8.26. The maximum atomic E-state index is 11.0. The summed E-state index contributed by atoms with van der Waals surface area (Å²) < 4.78 is 5.72. The van der Waals surface area contributed by atoms with Crippen LogP contribution in [-0.4, -0.2) is 9.91 Å². The second-order valence-corrected chi connectivity index (χ2v) is 6.38. The number of non-ortho nitro benzene ring substituents is 1. The Morgan fingerprint density at radius 2 is 1.76 bits per heavy atom. The van der Waals surface area contributed by atoms with Crippen LogP contribution in [0.1, 0.15) is 17.0 Å². The van der Waals surface area contributed by atoms with Gasteiger partial charge in [0.1, 0.15) is 11.6 Å². The summed E-state index contributed by atoms with van der Waals surface area (Å²) in [6.45, 7) is 0. The van der Waals surface area contributed by atoms with E-state index in [9.17, 15) is 20.6 Å². The maximum absolute atomic E-state index is 11.0. The number of H-pyrrole nitrogens is 1. The summed E-state index contributed by atoms with van der Waals surface area (Å²) in [4.78, 5) is 13.6. The molecule has 1 atom stereocenters. The predicted molar refractivity (Wildman–Crippen MR) is 105 cm³/mol. The van der Waals surface area contributed by atoms with Crippen LogP contribution in [0.25, 0.3) is 16.7 Å². The number of rotatable bonds is 3. The highest BCUT2D eigenvalue weighted by Crippen LogP contribution is 2.43. The molecular weight excluding hydrogens is 370 g/mol. The first kappa shape index (κ1) is 17.8. The normalized spacial score (nSPS) is 16.3. The minimum atomic E-state index is -0.789. The first-order valence-electron chi connectivity index (χ1n) is 8.57. The van der Waals surface area contributed by atoms with Crippen LogP contribution < -0.4 is 5.73 Å². The summed E-state index contributed by atoms with van der Waals surface area (Å²) in [5, 5.41) is 31.3. The summed E-state index contributed by atoms with van der Waals surface area (Å²) >= 11 is 0. The number of nitro groups is 1. The van der Waals surface area contributed by atoms with E-state index in [0.717, 1.165) is 10.9 Å². The quantitative estimate of drug-likeness (QED) is 0.520. The third kappa shape index (κ3) is 2.85. The number of hydrogen-bond acceptors (Lipinski definition) is 6. The molecule has 0 amide bonds. The fraction of sp³-hybridized carbons (Fsp3) is 0.0476. The Hall–Kier alpha value is -4.56. The molecule has 0 aliphatic carbocycles. The van der Waals surface area contributed by atoms with Crippen molar-refractivity contribution >= 4 is 22.3 Å². The van der Waals surface area contributed by atoms with Gasteiger partial charge >= 0.3 is 0 Å². The Morgan fingerprint density at radius 1 is 1.07 bits per heavy atom. The lowest BCUT2D eigenvalue weighted by Gasteiger charge is -2.25. The van der Waals surface area contributed by atoms with E-state index in [2.05, 4.69) is 11.1 Å². The van der Waals surface area contributed by atoms with E-state index in [1.54, 1.807) is 6.20 Å². The first-order valence-corrected chi connectivity index (χ1v) is 8.57. The Labute approximate surface area is 164 Å². The second kappa shape index (κ2) is 6.87. The minimum Gasteiger partial charge on any atom is -0.439 e. The number of nitriles is 2. The van der Waals surface area contributed by atoms with Crippen molar-refractivity contribution in [2.45, 2.75) is 5.92 Å². The van der Waals surface area contributed by atoms with Gasteiger partial charge in [0.25, 0.3) is 5.69 Å². The molecular formula is C21H13N5O3. The van der Waals surface area contributed by atoms with Crippen LogP contribution in [0.4, 0.5) is 5.69 Å². The number of allylic oxidation sites excluding steroid dienone is 2. The lowest BCUT2D eigenvalue weighted by Crippen LogP contribution is -2.20. The maximum Gasteiger partial charge on any atom is 0.269 e. The van der Waals surface area contributed by atoms with Gasteiger partial charge in [0.05, 0.1) is 22.5 Å². The molecule has 1 aliphatic heterocycles. The van der Waals surface area contributed by atoms with Crippen molar-refractivity contribution in [2.24, 2.45) is 5.73 Å². The minimum absolute atomic E-state index is 0.0824. The van der Waals surface area contributed by atoms with Crippen LogP contribution in [0.3, 0.4) is 0 Å². The van der Waals surface area contributed by atoms with Crippen LogP contribution in [0.2, 0.25) is 0 Å². The van der Waals surface area contributed by atoms with E-state index in [1.807, 2.05) is 30.3 Å².